The molecule has 0 unspecified atom stereocenters. The van der Waals surface area contributed by atoms with Crippen molar-refractivity contribution in [2.75, 3.05) is 0 Å². The van der Waals surface area contributed by atoms with Crippen molar-refractivity contribution in [1.29, 1.82) is 0 Å². The summed E-state index contributed by atoms with van der Waals surface area (Å²) in [5.41, 5.74) is 1.53. The maximum atomic E-state index is 11.8. The molecule has 0 aliphatic heterocycles. The van der Waals surface area contributed by atoms with Crippen LogP contribution in [-0.4, -0.2) is 10.8 Å². The van der Waals surface area contributed by atoms with Crippen molar-refractivity contribution in [1.82, 2.24) is 4.98 Å². The van der Waals surface area contributed by atoms with Gasteiger partial charge in [-0.1, -0.05) is 24.3 Å². The van der Waals surface area contributed by atoms with E-state index in [2.05, 4.69) is 4.98 Å². The SMILES string of the molecule is O=C(c1ccc2ccccc2n1)C1CC1. The molecule has 74 valence electrons. The van der Waals surface area contributed by atoms with Gasteiger partial charge in [-0.15, -0.1) is 0 Å². The van der Waals surface area contributed by atoms with Gasteiger partial charge >= 0.3 is 0 Å². The number of benzene rings is 1. The number of carbonyl (C=O) groups is 1. The molecule has 1 fully saturated rings. The van der Waals surface area contributed by atoms with Crippen molar-refractivity contribution in [2.24, 2.45) is 5.92 Å². The molecule has 15 heavy (non-hydrogen) atoms. The van der Waals surface area contributed by atoms with Crippen molar-refractivity contribution in [3.05, 3.63) is 42.1 Å². The van der Waals surface area contributed by atoms with Crippen LogP contribution in [0.15, 0.2) is 36.4 Å². The van der Waals surface area contributed by atoms with E-state index in [1.165, 1.54) is 0 Å². The molecule has 1 saturated carbocycles. The fraction of sp³-hybridized carbons (Fsp3) is 0.231. The molecule has 3 rings (SSSR count). The summed E-state index contributed by atoms with van der Waals surface area (Å²) >= 11 is 0. The molecular weight excluding hydrogens is 186 g/mol. The fourth-order valence-corrected chi connectivity index (χ4v) is 1.76. The number of hydrogen-bond acceptors (Lipinski definition) is 2. The van der Waals surface area contributed by atoms with Gasteiger partial charge in [0.2, 0.25) is 0 Å². The van der Waals surface area contributed by atoms with E-state index in [1.807, 2.05) is 36.4 Å². The number of hydrogen-bond donors (Lipinski definition) is 0. The molecule has 1 aliphatic rings. The van der Waals surface area contributed by atoms with Crippen LogP contribution in [0.25, 0.3) is 10.9 Å². The Balaban J connectivity index is 2.09. The first kappa shape index (κ1) is 8.60. The largest absolute Gasteiger partial charge is 0.292 e. The van der Waals surface area contributed by atoms with E-state index in [0.29, 0.717) is 5.69 Å². The molecule has 0 amide bonds. The Kier molecular flexibility index (Phi) is 1.81. The third-order valence-corrected chi connectivity index (χ3v) is 2.80. The first-order valence-corrected chi connectivity index (χ1v) is 5.24. The Labute approximate surface area is 87.9 Å². The molecule has 2 nitrogen and oxygen atoms in total. The van der Waals surface area contributed by atoms with Crippen molar-refractivity contribution in [3.8, 4) is 0 Å². The molecule has 0 bridgehead atoms. The first-order chi connectivity index (χ1) is 7.34. The topological polar surface area (TPSA) is 30.0 Å². The Morgan fingerprint density at radius 3 is 2.73 bits per heavy atom. The lowest BCUT2D eigenvalue weighted by molar-refractivity contribution is 0.0963. The van der Waals surface area contributed by atoms with Gasteiger partial charge in [0.15, 0.2) is 5.78 Å². The first-order valence-electron chi connectivity index (χ1n) is 5.24. The smallest absolute Gasteiger partial charge is 0.184 e. The summed E-state index contributed by atoms with van der Waals surface area (Å²) in [6.07, 6.45) is 2.07. The highest BCUT2D eigenvalue weighted by Gasteiger charge is 2.31. The van der Waals surface area contributed by atoms with Gasteiger partial charge in [0, 0.05) is 11.3 Å². The second-order valence-corrected chi connectivity index (χ2v) is 4.03. The minimum absolute atomic E-state index is 0.209. The van der Waals surface area contributed by atoms with Crippen LogP contribution in [-0.2, 0) is 0 Å². The standard InChI is InChI=1S/C13H11NO/c15-13(10-5-6-10)12-8-7-9-3-1-2-4-11(9)14-12/h1-4,7-8,10H,5-6H2. The number of fused-ring (bicyclic) bond motifs is 1. The van der Waals surface area contributed by atoms with Crippen LogP contribution in [0.2, 0.25) is 0 Å². The van der Waals surface area contributed by atoms with Crippen LogP contribution < -0.4 is 0 Å². The molecule has 0 radical (unpaired) electrons. The average Bonchev–Trinajstić information content (AvgIpc) is 3.11. The lowest BCUT2D eigenvalue weighted by Gasteiger charge is -2.00. The molecule has 1 aromatic carbocycles. The fourth-order valence-electron chi connectivity index (χ4n) is 1.76. The quantitative estimate of drug-likeness (QED) is 0.693. The highest BCUT2D eigenvalue weighted by molar-refractivity contribution is 5.99. The zero-order chi connectivity index (χ0) is 10.3. The highest BCUT2D eigenvalue weighted by Crippen LogP contribution is 2.32. The van der Waals surface area contributed by atoms with Crippen LogP contribution in [0.4, 0.5) is 0 Å². The minimum Gasteiger partial charge on any atom is -0.292 e. The van der Waals surface area contributed by atoms with Gasteiger partial charge in [-0.25, -0.2) is 4.98 Å². The Morgan fingerprint density at radius 1 is 1.13 bits per heavy atom. The third-order valence-electron chi connectivity index (χ3n) is 2.80. The van der Waals surface area contributed by atoms with Crippen molar-refractivity contribution in [3.63, 3.8) is 0 Å². The zero-order valence-corrected chi connectivity index (χ0v) is 8.31. The van der Waals surface area contributed by atoms with Gasteiger partial charge in [0.05, 0.1) is 5.52 Å². The normalized spacial score (nSPS) is 15.5. The third kappa shape index (κ3) is 1.52. The number of para-hydroxylation sites is 1. The van der Waals surface area contributed by atoms with Gasteiger partial charge in [0.1, 0.15) is 5.69 Å². The van der Waals surface area contributed by atoms with Crippen LogP contribution in [0, 0.1) is 5.92 Å². The number of rotatable bonds is 2. The summed E-state index contributed by atoms with van der Waals surface area (Å²) < 4.78 is 0. The zero-order valence-electron chi connectivity index (χ0n) is 8.31. The predicted octanol–water partition coefficient (Wildman–Crippen LogP) is 2.83. The van der Waals surface area contributed by atoms with E-state index in [1.54, 1.807) is 0 Å². The molecule has 0 spiro atoms. The Hall–Kier alpha value is -1.70. The lowest BCUT2D eigenvalue weighted by Crippen LogP contribution is -2.03. The molecule has 1 heterocycles. The maximum Gasteiger partial charge on any atom is 0.184 e. The number of Topliss-reactive ketones (excluding diaryl/α,β-unsaturated/α-hetero) is 1. The summed E-state index contributed by atoms with van der Waals surface area (Å²) in [5.74, 6) is 0.458. The number of carbonyl (C=O) groups excluding carboxylic acids is 1. The monoisotopic (exact) mass is 197 g/mol. The molecular formula is C13H11NO. The van der Waals surface area contributed by atoms with E-state index in [-0.39, 0.29) is 11.7 Å². The number of nitrogens with zero attached hydrogens (tertiary/aromatic N) is 1. The van der Waals surface area contributed by atoms with E-state index in [9.17, 15) is 4.79 Å². The van der Waals surface area contributed by atoms with Gasteiger partial charge in [-0.2, -0.15) is 0 Å². The van der Waals surface area contributed by atoms with E-state index in [0.717, 1.165) is 23.7 Å². The molecule has 2 aromatic rings. The molecule has 0 saturated heterocycles. The van der Waals surface area contributed by atoms with Crippen LogP contribution in [0.3, 0.4) is 0 Å². The average molecular weight is 197 g/mol. The van der Waals surface area contributed by atoms with Crippen LogP contribution in [0.1, 0.15) is 23.3 Å². The molecule has 2 heteroatoms. The van der Waals surface area contributed by atoms with Crippen molar-refractivity contribution >= 4 is 16.7 Å². The predicted molar refractivity (Wildman–Crippen MR) is 58.8 cm³/mol. The molecule has 0 N–H and O–H groups in total. The number of aromatic nitrogens is 1. The van der Waals surface area contributed by atoms with Crippen LogP contribution in [0.5, 0.6) is 0 Å². The van der Waals surface area contributed by atoms with E-state index in [4.69, 9.17) is 0 Å². The van der Waals surface area contributed by atoms with Crippen molar-refractivity contribution < 1.29 is 4.79 Å². The van der Waals surface area contributed by atoms with Gasteiger partial charge in [0.25, 0.3) is 0 Å². The second-order valence-electron chi connectivity index (χ2n) is 4.03. The van der Waals surface area contributed by atoms with Gasteiger partial charge in [-0.05, 0) is 25.0 Å². The Morgan fingerprint density at radius 2 is 1.93 bits per heavy atom. The van der Waals surface area contributed by atoms with Gasteiger partial charge in [-0.3, -0.25) is 4.79 Å². The summed E-state index contributed by atoms with van der Waals surface area (Å²) in [4.78, 5) is 16.2. The summed E-state index contributed by atoms with van der Waals surface area (Å²) in [5, 5.41) is 1.09. The molecule has 1 aliphatic carbocycles. The Bertz CT molecular complexity index is 529. The summed E-state index contributed by atoms with van der Waals surface area (Å²) in [6, 6.07) is 11.7. The highest BCUT2D eigenvalue weighted by atomic mass is 16.1. The maximum absolute atomic E-state index is 11.8. The van der Waals surface area contributed by atoms with Crippen LogP contribution >= 0.6 is 0 Å². The molecule has 1 aromatic heterocycles. The lowest BCUT2D eigenvalue weighted by atomic mass is 10.1. The molecule has 0 atom stereocenters. The van der Waals surface area contributed by atoms with E-state index >= 15 is 0 Å². The summed E-state index contributed by atoms with van der Waals surface area (Å²) in [6.45, 7) is 0. The number of pyridine rings is 1. The van der Waals surface area contributed by atoms with Gasteiger partial charge < -0.3 is 0 Å². The minimum atomic E-state index is 0.209. The summed E-state index contributed by atoms with van der Waals surface area (Å²) in [7, 11) is 0. The van der Waals surface area contributed by atoms with Crippen molar-refractivity contribution in [2.45, 2.75) is 12.8 Å². The van der Waals surface area contributed by atoms with E-state index < -0.39 is 0 Å². The second kappa shape index (κ2) is 3.16. The number of ketones is 1.